The van der Waals surface area contributed by atoms with Gasteiger partial charge in [-0.05, 0) is 5.56 Å². The van der Waals surface area contributed by atoms with Gasteiger partial charge in [-0.3, -0.25) is 9.55 Å². The molecule has 2 aromatic heterocycles. The Morgan fingerprint density at radius 3 is 2.76 bits per heavy atom. The third-order valence-electron chi connectivity index (χ3n) is 3.19. The van der Waals surface area contributed by atoms with Crippen molar-refractivity contribution in [3.05, 3.63) is 46.4 Å². The van der Waals surface area contributed by atoms with Gasteiger partial charge in [0.25, 0.3) is 6.01 Å². The predicted molar refractivity (Wildman–Crippen MR) is 79.5 cm³/mol. The maximum Gasteiger partial charge on any atom is 0.348 e. The van der Waals surface area contributed by atoms with Crippen molar-refractivity contribution in [1.29, 1.82) is 0 Å². The van der Waals surface area contributed by atoms with Crippen molar-refractivity contribution >= 4 is 17.0 Å². The molecule has 21 heavy (non-hydrogen) atoms. The second kappa shape index (κ2) is 5.28. The normalized spacial score (nSPS) is 10.8. The SMILES string of the molecule is COc1nc2c(NCc3ccccc3)[nH]c(=O)nc2n1C. The predicted octanol–water partition coefficient (Wildman–Crippen LogP) is 1.28. The van der Waals surface area contributed by atoms with E-state index >= 15 is 0 Å². The summed E-state index contributed by atoms with van der Waals surface area (Å²) >= 11 is 0. The van der Waals surface area contributed by atoms with E-state index in [0.717, 1.165) is 5.56 Å². The lowest BCUT2D eigenvalue weighted by atomic mass is 10.2. The Morgan fingerprint density at radius 2 is 2.05 bits per heavy atom. The highest BCUT2D eigenvalue weighted by Gasteiger charge is 2.14. The maximum absolute atomic E-state index is 11.7. The first kappa shape index (κ1) is 13.2. The van der Waals surface area contributed by atoms with Crippen molar-refractivity contribution in [2.75, 3.05) is 12.4 Å². The van der Waals surface area contributed by atoms with Gasteiger partial charge in [-0.1, -0.05) is 30.3 Å². The topological polar surface area (TPSA) is 84.8 Å². The highest BCUT2D eigenvalue weighted by atomic mass is 16.5. The van der Waals surface area contributed by atoms with Gasteiger partial charge < -0.3 is 10.1 Å². The summed E-state index contributed by atoms with van der Waals surface area (Å²) in [5, 5.41) is 3.18. The van der Waals surface area contributed by atoms with Crippen LogP contribution in [0.5, 0.6) is 6.01 Å². The zero-order valence-corrected chi connectivity index (χ0v) is 11.8. The average Bonchev–Trinajstić information content (AvgIpc) is 2.82. The van der Waals surface area contributed by atoms with E-state index in [1.807, 2.05) is 30.3 Å². The molecule has 0 spiro atoms. The van der Waals surface area contributed by atoms with Crippen LogP contribution in [-0.2, 0) is 13.6 Å². The molecule has 3 rings (SSSR count). The molecule has 7 heteroatoms. The van der Waals surface area contributed by atoms with E-state index < -0.39 is 5.69 Å². The van der Waals surface area contributed by atoms with Crippen LogP contribution < -0.4 is 15.7 Å². The Kier molecular flexibility index (Phi) is 3.31. The monoisotopic (exact) mass is 285 g/mol. The lowest BCUT2D eigenvalue weighted by molar-refractivity contribution is 0.368. The molecular weight excluding hydrogens is 270 g/mol. The Hall–Kier alpha value is -2.83. The Morgan fingerprint density at radius 1 is 1.29 bits per heavy atom. The number of nitrogens with one attached hydrogen (secondary N) is 2. The molecule has 0 bridgehead atoms. The van der Waals surface area contributed by atoms with Crippen molar-refractivity contribution in [2.24, 2.45) is 7.05 Å². The molecule has 2 heterocycles. The van der Waals surface area contributed by atoms with E-state index in [-0.39, 0.29) is 0 Å². The second-order valence-corrected chi connectivity index (χ2v) is 4.59. The van der Waals surface area contributed by atoms with E-state index in [4.69, 9.17) is 4.74 Å². The molecule has 108 valence electrons. The molecule has 0 saturated heterocycles. The first-order valence-corrected chi connectivity index (χ1v) is 6.47. The third kappa shape index (κ3) is 2.45. The van der Waals surface area contributed by atoms with Crippen LogP contribution in [0.1, 0.15) is 5.56 Å². The molecule has 1 aromatic carbocycles. The molecule has 0 aliphatic carbocycles. The molecule has 3 aromatic rings. The molecule has 7 nitrogen and oxygen atoms in total. The molecule has 0 saturated carbocycles. The van der Waals surface area contributed by atoms with Crippen molar-refractivity contribution in [3.63, 3.8) is 0 Å². The average molecular weight is 285 g/mol. The summed E-state index contributed by atoms with van der Waals surface area (Å²) in [5.74, 6) is 0.535. The lowest BCUT2D eigenvalue weighted by Gasteiger charge is -2.06. The van der Waals surface area contributed by atoms with Crippen LogP contribution in [0.2, 0.25) is 0 Å². The number of anilines is 1. The number of imidazole rings is 1. The molecule has 0 radical (unpaired) electrons. The number of aryl methyl sites for hydroxylation is 1. The highest BCUT2D eigenvalue weighted by Crippen LogP contribution is 2.22. The summed E-state index contributed by atoms with van der Waals surface area (Å²) in [4.78, 5) is 22.6. The van der Waals surface area contributed by atoms with Crippen molar-refractivity contribution in [2.45, 2.75) is 6.54 Å². The van der Waals surface area contributed by atoms with Gasteiger partial charge >= 0.3 is 5.69 Å². The van der Waals surface area contributed by atoms with Gasteiger partial charge in [-0.25, -0.2) is 4.79 Å². The molecule has 0 fully saturated rings. The van der Waals surface area contributed by atoms with Crippen LogP contribution in [0.15, 0.2) is 35.1 Å². The third-order valence-corrected chi connectivity index (χ3v) is 3.19. The van der Waals surface area contributed by atoms with Crippen LogP contribution in [0.3, 0.4) is 0 Å². The summed E-state index contributed by atoms with van der Waals surface area (Å²) < 4.78 is 6.79. The molecule has 2 N–H and O–H groups in total. The number of aromatic amines is 1. The van der Waals surface area contributed by atoms with Crippen LogP contribution >= 0.6 is 0 Å². The van der Waals surface area contributed by atoms with E-state index in [1.165, 1.54) is 7.11 Å². The highest BCUT2D eigenvalue weighted by molar-refractivity contribution is 5.83. The minimum atomic E-state index is -0.427. The van der Waals surface area contributed by atoms with Gasteiger partial charge in [0.1, 0.15) is 5.82 Å². The minimum absolute atomic E-state index is 0.402. The largest absolute Gasteiger partial charge is 0.468 e. The van der Waals surface area contributed by atoms with Crippen molar-refractivity contribution in [1.82, 2.24) is 19.5 Å². The fourth-order valence-corrected chi connectivity index (χ4v) is 2.15. The van der Waals surface area contributed by atoms with Crippen LogP contribution in [0.4, 0.5) is 5.82 Å². The van der Waals surface area contributed by atoms with Gasteiger partial charge in [-0.15, -0.1) is 0 Å². The summed E-state index contributed by atoms with van der Waals surface area (Å²) in [6.45, 7) is 0.578. The number of ether oxygens (including phenoxy) is 1. The smallest absolute Gasteiger partial charge is 0.348 e. The molecular formula is C14H15N5O2. The zero-order chi connectivity index (χ0) is 14.8. The van der Waals surface area contributed by atoms with Gasteiger partial charge in [-0.2, -0.15) is 9.97 Å². The number of fused-ring (bicyclic) bond motifs is 1. The second-order valence-electron chi connectivity index (χ2n) is 4.59. The van der Waals surface area contributed by atoms with Crippen LogP contribution in [0, 0.1) is 0 Å². The van der Waals surface area contributed by atoms with Crippen molar-refractivity contribution in [3.8, 4) is 6.01 Å². The van der Waals surface area contributed by atoms with E-state index in [2.05, 4.69) is 20.3 Å². The number of hydrogen-bond acceptors (Lipinski definition) is 5. The maximum atomic E-state index is 11.7. The lowest BCUT2D eigenvalue weighted by Crippen LogP contribution is -2.15. The number of nitrogens with zero attached hydrogens (tertiary/aromatic N) is 3. The van der Waals surface area contributed by atoms with Gasteiger partial charge in [0.2, 0.25) is 0 Å². The summed E-state index contributed by atoms with van der Waals surface area (Å²) in [7, 11) is 3.28. The molecule has 0 amide bonds. The number of H-pyrrole nitrogens is 1. The standard InChI is InChI=1S/C14H15N5O2/c1-19-12-10(16-14(19)21-2)11(17-13(20)18-12)15-8-9-6-4-3-5-7-9/h3-7H,8H2,1-2H3,(H2,15,17,18,20). The minimum Gasteiger partial charge on any atom is -0.468 e. The summed E-state index contributed by atoms with van der Waals surface area (Å²) in [6.07, 6.45) is 0. The number of aromatic nitrogens is 4. The number of methoxy groups -OCH3 is 1. The Balaban J connectivity index is 2.00. The van der Waals surface area contributed by atoms with Crippen LogP contribution in [-0.4, -0.2) is 26.6 Å². The first-order valence-electron chi connectivity index (χ1n) is 6.47. The first-order chi connectivity index (χ1) is 10.2. The fourth-order valence-electron chi connectivity index (χ4n) is 2.15. The Labute approximate surface area is 120 Å². The number of benzene rings is 1. The quantitative estimate of drug-likeness (QED) is 0.754. The summed E-state index contributed by atoms with van der Waals surface area (Å²) in [5.41, 5.74) is 1.73. The summed E-state index contributed by atoms with van der Waals surface area (Å²) in [6, 6.07) is 10.3. The zero-order valence-electron chi connectivity index (χ0n) is 11.8. The van der Waals surface area contributed by atoms with E-state index in [0.29, 0.717) is 29.5 Å². The van der Waals surface area contributed by atoms with Gasteiger partial charge in [0, 0.05) is 13.6 Å². The fraction of sp³-hybridized carbons (Fsp3) is 0.214. The van der Waals surface area contributed by atoms with Gasteiger partial charge in [0.15, 0.2) is 11.2 Å². The van der Waals surface area contributed by atoms with Crippen molar-refractivity contribution < 1.29 is 4.74 Å². The number of rotatable bonds is 4. The van der Waals surface area contributed by atoms with E-state index in [9.17, 15) is 4.79 Å². The molecule has 0 unspecified atom stereocenters. The Bertz CT molecular complexity index is 822. The number of hydrogen-bond donors (Lipinski definition) is 2. The molecule has 0 aliphatic heterocycles. The van der Waals surface area contributed by atoms with E-state index in [1.54, 1.807) is 11.6 Å². The van der Waals surface area contributed by atoms with Gasteiger partial charge in [0.05, 0.1) is 7.11 Å². The molecule has 0 atom stereocenters. The molecule has 0 aliphatic rings. The van der Waals surface area contributed by atoms with Crippen LogP contribution in [0.25, 0.3) is 11.2 Å².